The Balaban J connectivity index is 2.63. The van der Waals surface area contributed by atoms with Gasteiger partial charge in [0.1, 0.15) is 17.4 Å². The van der Waals surface area contributed by atoms with E-state index in [9.17, 15) is 9.18 Å². The number of nitrogens with two attached hydrogens (primary N) is 1. The van der Waals surface area contributed by atoms with Crippen molar-refractivity contribution in [3.05, 3.63) is 58.1 Å². The summed E-state index contributed by atoms with van der Waals surface area (Å²) in [4.78, 5) is 12.1. The predicted molar refractivity (Wildman–Crippen MR) is 69.9 cm³/mol. The molecule has 1 aromatic carbocycles. The second kappa shape index (κ2) is 5.46. The summed E-state index contributed by atoms with van der Waals surface area (Å²) in [5.74, 6) is -0.342. The third-order valence-corrected chi connectivity index (χ3v) is 2.79. The van der Waals surface area contributed by atoms with Crippen molar-refractivity contribution in [1.29, 1.82) is 5.26 Å². The van der Waals surface area contributed by atoms with Crippen molar-refractivity contribution in [2.75, 3.05) is 6.54 Å². The molecule has 0 spiro atoms. The molecule has 0 aliphatic heterocycles. The third kappa shape index (κ3) is 2.54. The van der Waals surface area contributed by atoms with Crippen molar-refractivity contribution >= 4 is 0 Å². The number of hydrogen-bond acceptors (Lipinski definition) is 3. The highest BCUT2D eigenvalue weighted by molar-refractivity contribution is 5.60. The number of hydrogen-bond donors (Lipinski definition) is 1. The molecular formula is C14H12FN3O. The monoisotopic (exact) mass is 257 g/mol. The number of aromatic nitrogens is 1. The fraction of sp³-hybridized carbons (Fsp3) is 0.143. The first-order chi connectivity index (χ1) is 9.17. The Labute approximate surface area is 109 Å². The smallest absolute Gasteiger partial charge is 0.268 e. The molecule has 2 aromatic rings. The van der Waals surface area contributed by atoms with Crippen LogP contribution in [0, 0.1) is 17.1 Å². The zero-order chi connectivity index (χ0) is 13.8. The first-order valence-corrected chi connectivity index (χ1v) is 5.77. The third-order valence-electron chi connectivity index (χ3n) is 2.79. The molecule has 2 rings (SSSR count). The molecule has 2 N–H and O–H groups in total. The van der Waals surface area contributed by atoms with E-state index in [0.29, 0.717) is 17.8 Å². The maximum atomic E-state index is 12.9. The molecule has 0 amide bonds. The highest BCUT2D eigenvalue weighted by Gasteiger charge is 2.09. The first-order valence-electron chi connectivity index (χ1n) is 5.77. The Bertz CT molecular complexity index is 683. The van der Waals surface area contributed by atoms with E-state index in [1.165, 1.54) is 22.8 Å². The molecule has 0 aliphatic carbocycles. The number of halogens is 1. The second-order valence-electron chi connectivity index (χ2n) is 4.00. The number of benzene rings is 1. The van der Waals surface area contributed by atoms with E-state index >= 15 is 0 Å². The lowest BCUT2D eigenvalue weighted by atomic mass is 10.1. The van der Waals surface area contributed by atoms with E-state index in [-0.39, 0.29) is 23.5 Å². The summed E-state index contributed by atoms with van der Waals surface area (Å²) in [6.07, 6.45) is 0. The summed E-state index contributed by atoms with van der Waals surface area (Å²) in [6.45, 7) is 0.587. The van der Waals surface area contributed by atoms with E-state index in [4.69, 9.17) is 11.0 Å². The van der Waals surface area contributed by atoms with Gasteiger partial charge in [0, 0.05) is 13.1 Å². The van der Waals surface area contributed by atoms with E-state index in [0.717, 1.165) is 0 Å². The molecule has 1 heterocycles. The molecule has 4 nitrogen and oxygen atoms in total. The lowest BCUT2D eigenvalue weighted by Gasteiger charge is -2.12. The van der Waals surface area contributed by atoms with Crippen LogP contribution in [-0.2, 0) is 6.54 Å². The van der Waals surface area contributed by atoms with Gasteiger partial charge in [0.25, 0.3) is 5.56 Å². The highest BCUT2D eigenvalue weighted by Crippen LogP contribution is 2.18. The Morgan fingerprint density at radius 1 is 1.21 bits per heavy atom. The lowest BCUT2D eigenvalue weighted by molar-refractivity contribution is 0.627. The van der Waals surface area contributed by atoms with Crippen LogP contribution in [0.1, 0.15) is 5.56 Å². The maximum absolute atomic E-state index is 12.9. The Morgan fingerprint density at radius 2 is 1.89 bits per heavy atom. The minimum absolute atomic E-state index is 0.0688. The van der Waals surface area contributed by atoms with Crippen molar-refractivity contribution in [3.8, 4) is 17.3 Å². The zero-order valence-corrected chi connectivity index (χ0v) is 10.1. The first kappa shape index (κ1) is 13.0. The molecule has 0 fully saturated rings. The van der Waals surface area contributed by atoms with Gasteiger partial charge in [-0.15, -0.1) is 0 Å². The van der Waals surface area contributed by atoms with Crippen molar-refractivity contribution in [2.24, 2.45) is 5.73 Å². The molecule has 0 atom stereocenters. The summed E-state index contributed by atoms with van der Waals surface area (Å²) >= 11 is 0. The Kier molecular flexibility index (Phi) is 3.74. The average Bonchev–Trinajstić information content (AvgIpc) is 2.42. The molecule has 19 heavy (non-hydrogen) atoms. The molecule has 0 radical (unpaired) electrons. The minimum atomic E-state index is -0.380. The molecule has 1 aromatic heterocycles. The van der Waals surface area contributed by atoms with Gasteiger partial charge in [-0.3, -0.25) is 4.79 Å². The van der Waals surface area contributed by atoms with Gasteiger partial charge in [-0.1, -0.05) is 0 Å². The SMILES string of the molecule is N#Cc1ccc(-c2ccc(F)cc2)n(CCN)c1=O. The number of rotatable bonds is 3. The molecular weight excluding hydrogens is 245 g/mol. The van der Waals surface area contributed by atoms with Crippen LogP contribution in [0.5, 0.6) is 0 Å². The number of nitrogens with zero attached hydrogens (tertiary/aromatic N) is 2. The van der Waals surface area contributed by atoms with Crippen LogP contribution in [0.25, 0.3) is 11.3 Å². The summed E-state index contributed by atoms with van der Waals surface area (Å²) in [5, 5.41) is 8.86. The summed E-state index contributed by atoms with van der Waals surface area (Å²) in [7, 11) is 0. The van der Waals surface area contributed by atoms with Crippen LogP contribution >= 0.6 is 0 Å². The van der Waals surface area contributed by atoms with Gasteiger partial charge in [0.15, 0.2) is 0 Å². The zero-order valence-electron chi connectivity index (χ0n) is 10.1. The topological polar surface area (TPSA) is 71.8 Å². The van der Waals surface area contributed by atoms with Crippen LogP contribution in [0.3, 0.4) is 0 Å². The second-order valence-corrected chi connectivity index (χ2v) is 4.00. The molecule has 0 unspecified atom stereocenters. The van der Waals surface area contributed by atoms with E-state index in [1.807, 2.05) is 6.07 Å². The molecule has 0 saturated heterocycles. The van der Waals surface area contributed by atoms with Crippen LogP contribution in [0.15, 0.2) is 41.2 Å². The van der Waals surface area contributed by atoms with Gasteiger partial charge in [0.05, 0.1) is 5.69 Å². The van der Waals surface area contributed by atoms with Crippen LogP contribution in [-0.4, -0.2) is 11.1 Å². The van der Waals surface area contributed by atoms with Crippen LogP contribution < -0.4 is 11.3 Å². The fourth-order valence-corrected chi connectivity index (χ4v) is 1.89. The number of pyridine rings is 1. The molecule has 96 valence electrons. The average molecular weight is 257 g/mol. The largest absolute Gasteiger partial charge is 0.329 e. The van der Waals surface area contributed by atoms with Gasteiger partial charge in [-0.05, 0) is 42.0 Å². The fourth-order valence-electron chi connectivity index (χ4n) is 1.89. The molecule has 0 aliphatic rings. The van der Waals surface area contributed by atoms with E-state index < -0.39 is 0 Å². The van der Waals surface area contributed by atoms with Crippen molar-refractivity contribution < 1.29 is 4.39 Å². The van der Waals surface area contributed by atoms with Gasteiger partial charge in [0.2, 0.25) is 0 Å². The van der Waals surface area contributed by atoms with Crippen molar-refractivity contribution in [3.63, 3.8) is 0 Å². The van der Waals surface area contributed by atoms with Crippen molar-refractivity contribution in [2.45, 2.75) is 6.54 Å². The standard InChI is InChI=1S/C14H12FN3O/c15-12-4-1-10(2-5-12)13-6-3-11(9-17)14(19)18(13)8-7-16/h1-6H,7-8,16H2. The summed E-state index contributed by atoms with van der Waals surface area (Å²) in [5.41, 5.74) is 6.50. The Morgan fingerprint density at radius 3 is 2.47 bits per heavy atom. The van der Waals surface area contributed by atoms with Gasteiger partial charge < -0.3 is 10.3 Å². The van der Waals surface area contributed by atoms with E-state index in [1.54, 1.807) is 18.2 Å². The van der Waals surface area contributed by atoms with Gasteiger partial charge in [-0.2, -0.15) is 5.26 Å². The summed E-state index contributed by atoms with van der Waals surface area (Å²) in [6, 6.07) is 10.8. The Hall–Kier alpha value is -2.45. The molecule has 5 heteroatoms. The molecule has 0 bridgehead atoms. The van der Waals surface area contributed by atoms with Gasteiger partial charge in [-0.25, -0.2) is 4.39 Å². The van der Waals surface area contributed by atoms with Crippen molar-refractivity contribution in [1.82, 2.24) is 4.57 Å². The van der Waals surface area contributed by atoms with E-state index in [2.05, 4.69) is 0 Å². The van der Waals surface area contributed by atoms with Gasteiger partial charge >= 0.3 is 0 Å². The quantitative estimate of drug-likeness (QED) is 0.905. The molecule has 0 saturated carbocycles. The number of nitriles is 1. The maximum Gasteiger partial charge on any atom is 0.268 e. The minimum Gasteiger partial charge on any atom is -0.329 e. The van der Waals surface area contributed by atoms with Crippen LogP contribution in [0.4, 0.5) is 4.39 Å². The lowest BCUT2D eigenvalue weighted by Crippen LogP contribution is -2.27. The normalized spacial score (nSPS) is 10.2. The highest BCUT2D eigenvalue weighted by atomic mass is 19.1. The predicted octanol–water partition coefficient (Wildman–Crippen LogP) is 1.48. The van der Waals surface area contributed by atoms with Crippen LogP contribution in [0.2, 0.25) is 0 Å². The summed E-state index contributed by atoms with van der Waals surface area (Å²) < 4.78 is 14.4.